The summed E-state index contributed by atoms with van der Waals surface area (Å²) in [5.41, 5.74) is 0.774. The maximum atomic E-state index is 12.0. The Morgan fingerprint density at radius 3 is 2.58 bits per heavy atom. The minimum absolute atomic E-state index is 0.119. The molecule has 1 N–H and O–H groups in total. The fourth-order valence-corrected chi connectivity index (χ4v) is 3.09. The first kappa shape index (κ1) is 14.4. The molecule has 1 aliphatic heterocycles. The number of amides is 2. The first-order valence-electron chi connectivity index (χ1n) is 6.18. The highest BCUT2D eigenvalue weighted by Gasteiger charge is 2.39. The Bertz CT molecular complexity index is 528. The number of imide groups is 1. The Labute approximate surface area is 122 Å². The second-order valence-electron chi connectivity index (χ2n) is 5.16. The lowest BCUT2D eigenvalue weighted by molar-refractivity contribution is -0.138. The van der Waals surface area contributed by atoms with Crippen molar-refractivity contribution in [1.82, 2.24) is 5.32 Å². The average Bonchev–Trinajstić information content (AvgIpc) is 2.30. The molecule has 102 valence electrons. The molecule has 0 aromatic heterocycles. The first-order chi connectivity index (χ1) is 8.90. The van der Waals surface area contributed by atoms with E-state index in [0.717, 1.165) is 5.56 Å². The Kier molecular flexibility index (Phi) is 4.16. The topological polar surface area (TPSA) is 46.2 Å². The quantitative estimate of drug-likeness (QED) is 0.851. The monoisotopic (exact) mass is 299 g/mol. The van der Waals surface area contributed by atoms with Gasteiger partial charge in [0.25, 0.3) is 0 Å². The molecule has 0 radical (unpaired) electrons. The zero-order chi connectivity index (χ0) is 14.2. The summed E-state index contributed by atoms with van der Waals surface area (Å²) >= 11 is 12.2. The minimum atomic E-state index is -0.270. The second kappa shape index (κ2) is 5.51. The van der Waals surface area contributed by atoms with E-state index in [-0.39, 0.29) is 36.0 Å². The van der Waals surface area contributed by atoms with Gasteiger partial charge >= 0.3 is 0 Å². The van der Waals surface area contributed by atoms with Crippen LogP contribution in [0.15, 0.2) is 18.2 Å². The lowest BCUT2D eigenvalue weighted by Gasteiger charge is -2.33. The fraction of sp³-hybridized carbons (Fsp3) is 0.429. The van der Waals surface area contributed by atoms with E-state index >= 15 is 0 Å². The Hall–Kier alpha value is -1.06. The summed E-state index contributed by atoms with van der Waals surface area (Å²) in [6.45, 7) is 3.93. The summed E-state index contributed by atoms with van der Waals surface area (Å²) in [4.78, 5) is 23.6. The van der Waals surface area contributed by atoms with Crippen LogP contribution in [-0.4, -0.2) is 11.8 Å². The van der Waals surface area contributed by atoms with Crippen LogP contribution in [0.3, 0.4) is 0 Å². The van der Waals surface area contributed by atoms with Gasteiger partial charge in [0.1, 0.15) is 0 Å². The van der Waals surface area contributed by atoms with Crippen molar-refractivity contribution in [3.05, 3.63) is 33.8 Å². The van der Waals surface area contributed by atoms with Crippen LogP contribution in [0.25, 0.3) is 0 Å². The number of halogens is 2. The van der Waals surface area contributed by atoms with Crippen molar-refractivity contribution in [1.29, 1.82) is 0 Å². The highest BCUT2D eigenvalue weighted by atomic mass is 35.5. The molecule has 3 nitrogen and oxygen atoms in total. The normalized spacial score (nSPS) is 23.6. The van der Waals surface area contributed by atoms with Crippen molar-refractivity contribution >= 4 is 35.0 Å². The van der Waals surface area contributed by atoms with Crippen molar-refractivity contribution in [2.75, 3.05) is 0 Å². The van der Waals surface area contributed by atoms with E-state index in [9.17, 15) is 9.59 Å². The molecule has 1 saturated heterocycles. The molecule has 0 saturated carbocycles. The highest BCUT2D eigenvalue weighted by molar-refractivity contribution is 6.33. The molecule has 0 aliphatic carbocycles. The number of benzene rings is 1. The zero-order valence-corrected chi connectivity index (χ0v) is 12.3. The van der Waals surface area contributed by atoms with Crippen LogP contribution in [0, 0.1) is 11.8 Å². The molecule has 19 heavy (non-hydrogen) atoms. The molecule has 2 atom stereocenters. The third kappa shape index (κ3) is 2.93. The van der Waals surface area contributed by atoms with E-state index in [0.29, 0.717) is 10.0 Å². The van der Waals surface area contributed by atoms with Crippen LogP contribution in [0.5, 0.6) is 0 Å². The number of piperidine rings is 1. The van der Waals surface area contributed by atoms with Crippen LogP contribution < -0.4 is 5.32 Å². The number of nitrogens with one attached hydrogen (secondary N) is 1. The maximum Gasteiger partial charge on any atom is 0.230 e. The van der Waals surface area contributed by atoms with Crippen molar-refractivity contribution < 1.29 is 9.59 Å². The molecule has 2 unspecified atom stereocenters. The Morgan fingerprint density at radius 1 is 1.26 bits per heavy atom. The standard InChI is InChI=1S/C14H15Cl2NO2/c1-7(2)13-10(6-12(18)17-14(13)19)9-5-8(15)3-4-11(9)16/h3-5,7,10,13H,6H2,1-2H3,(H,17,18,19). The molecule has 0 bridgehead atoms. The van der Waals surface area contributed by atoms with E-state index in [4.69, 9.17) is 23.2 Å². The maximum absolute atomic E-state index is 12.0. The lowest BCUT2D eigenvalue weighted by atomic mass is 9.75. The van der Waals surface area contributed by atoms with Gasteiger partial charge in [-0.05, 0) is 29.7 Å². The van der Waals surface area contributed by atoms with Gasteiger partial charge in [0.05, 0.1) is 0 Å². The number of hydrogen-bond donors (Lipinski definition) is 1. The van der Waals surface area contributed by atoms with Gasteiger partial charge < -0.3 is 0 Å². The SMILES string of the molecule is CC(C)C1C(=O)NC(=O)CC1c1cc(Cl)ccc1Cl. The summed E-state index contributed by atoms with van der Waals surface area (Å²) in [7, 11) is 0. The van der Waals surface area contributed by atoms with E-state index in [1.54, 1.807) is 18.2 Å². The molecule has 2 rings (SSSR count). The van der Waals surface area contributed by atoms with Gasteiger partial charge in [0.2, 0.25) is 11.8 Å². The molecular formula is C14H15Cl2NO2. The van der Waals surface area contributed by atoms with Gasteiger partial charge in [-0.3, -0.25) is 14.9 Å². The van der Waals surface area contributed by atoms with E-state index in [2.05, 4.69) is 5.32 Å². The molecule has 1 fully saturated rings. The van der Waals surface area contributed by atoms with Gasteiger partial charge in [0, 0.05) is 28.3 Å². The van der Waals surface area contributed by atoms with Crippen molar-refractivity contribution in [3.8, 4) is 0 Å². The van der Waals surface area contributed by atoms with Crippen molar-refractivity contribution in [3.63, 3.8) is 0 Å². The van der Waals surface area contributed by atoms with Crippen LogP contribution >= 0.6 is 23.2 Å². The number of carbonyl (C=O) groups is 2. The third-order valence-corrected chi connectivity index (χ3v) is 4.06. The molecular weight excluding hydrogens is 285 g/mol. The molecule has 2 amide bonds. The lowest BCUT2D eigenvalue weighted by Crippen LogP contribution is -2.46. The summed E-state index contributed by atoms with van der Waals surface area (Å²) in [5.74, 6) is -0.857. The smallest absolute Gasteiger partial charge is 0.230 e. The number of carbonyl (C=O) groups excluding carboxylic acids is 2. The van der Waals surface area contributed by atoms with E-state index < -0.39 is 0 Å². The average molecular weight is 300 g/mol. The number of hydrogen-bond acceptors (Lipinski definition) is 2. The highest BCUT2D eigenvalue weighted by Crippen LogP contribution is 2.39. The van der Waals surface area contributed by atoms with Crippen molar-refractivity contribution in [2.24, 2.45) is 11.8 Å². The fourth-order valence-electron chi connectivity index (χ4n) is 2.65. The van der Waals surface area contributed by atoms with Crippen LogP contribution in [0.1, 0.15) is 31.7 Å². The molecule has 1 heterocycles. The summed E-state index contributed by atoms with van der Waals surface area (Å²) < 4.78 is 0. The summed E-state index contributed by atoms with van der Waals surface area (Å²) in [6.07, 6.45) is 0.259. The first-order valence-corrected chi connectivity index (χ1v) is 6.94. The van der Waals surface area contributed by atoms with E-state index in [1.165, 1.54) is 0 Å². The van der Waals surface area contributed by atoms with Gasteiger partial charge in [-0.25, -0.2) is 0 Å². The minimum Gasteiger partial charge on any atom is -0.296 e. The molecule has 1 aromatic rings. The molecule has 0 spiro atoms. The predicted molar refractivity (Wildman–Crippen MR) is 75.3 cm³/mol. The van der Waals surface area contributed by atoms with Crippen LogP contribution in [0.4, 0.5) is 0 Å². The molecule has 1 aliphatic rings. The summed E-state index contributed by atoms with van der Waals surface area (Å²) in [6, 6.07) is 5.14. The largest absolute Gasteiger partial charge is 0.296 e. The Balaban J connectivity index is 2.46. The van der Waals surface area contributed by atoms with Crippen molar-refractivity contribution in [2.45, 2.75) is 26.2 Å². The second-order valence-corrected chi connectivity index (χ2v) is 6.00. The van der Waals surface area contributed by atoms with E-state index in [1.807, 2.05) is 13.8 Å². The van der Waals surface area contributed by atoms with Crippen LogP contribution in [-0.2, 0) is 9.59 Å². The van der Waals surface area contributed by atoms with Crippen LogP contribution in [0.2, 0.25) is 10.0 Å². The summed E-state index contributed by atoms with van der Waals surface area (Å²) in [5, 5.41) is 3.49. The van der Waals surface area contributed by atoms with Gasteiger partial charge in [-0.1, -0.05) is 37.0 Å². The number of rotatable bonds is 2. The third-order valence-electron chi connectivity index (χ3n) is 3.48. The Morgan fingerprint density at radius 2 is 1.95 bits per heavy atom. The zero-order valence-electron chi connectivity index (χ0n) is 10.7. The van der Waals surface area contributed by atoms with Gasteiger partial charge in [-0.2, -0.15) is 0 Å². The molecule has 5 heteroatoms. The van der Waals surface area contributed by atoms with Gasteiger partial charge in [0.15, 0.2) is 0 Å². The van der Waals surface area contributed by atoms with Gasteiger partial charge in [-0.15, -0.1) is 0 Å². The predicted octanol–water partition coefficient (Wildman–Crippen LogP) is 3.40. The molecule has 1 aromatic carbocycles.